The van der Waals surface area contributed by atoms with Gasteiger partial charge in [0.2, 0.25) is 0 Å². The maximum atomic E-state index is 6.21. The third kappa shape index (κ3) is 3.44. The number of hydrogen-bond acceptors (Lipinski definition) is 2. The van der Waals surface area contributed by atoms with Gasteiger partial charge in [-0.1, -0.05) is 29.8 Å². The summed E-state index contributed by atoms with van der Waals surface area (Å²) in [4.78, 5) is 2.39. The van der Waals surface area contributed by atoms with Gasteiger partial charge in [0.1, 0.15) is 0 Å². The summed E-state index contributed by atoms with van der Waals surface area (Å²) in [5, 5.41) is 4.55. The molecule has 0 radical (unpaired) electrons. The Morgan fingerprint density at radius 2 is 1.94 bits per heavy atom. The Bertz CT molecular complexity index is 359. The zero-order valence-corrected chi connectivity index (χ0v) is 11.4. The van der Waals surface area contributed by atoms with E-state index in [1.165, 1.54) is 31.5 Å². The average Bonchev–Trinajstić information content (AvgIpc) is 2.32. The van der Waals surface area contributed by atoms with Gasteiger partial charge in [-0.05, 0) is 51.5 Å². The summed E-state index contributed by atoms with van der Waals surface area (Å²) in [5.74, 6) is 0. The van der Waals surface area contributed by atoms with Crippen molar-refractivity contribution in [2.45, 2.75) is 31.8 Å². The Kier molecular flexibility index (Phi) is 4.43. The first-order chi connectivity index (χ1) is 8.16. The monoisotopic (exact) mass is 252 g/mol. The topological polar surface area (TPSA) is 15.3 Å². The molecule has 1 aromatic carbocycles. The molecule has 1 aromatic rings. The number of piperidine rings is 1. The van der Waals surface area contributed by atoms with E-state index >= 15 is 0 Å². The molecule has 0 bridgehead atoms. The Balaban J connectivity index is 1.93. The predicted octanol–water partition coefficient (Wildman–Crippen LogP) is 3.08. The molecule has 0 spiro atoms. The van der Waals surface area contributed by atoms with E-state index in [2.05, 4.69) is 30.3 Å². The predicted molar refractivity (Wildman–Crippen MR) is 73.5 cm³/mol. The van der Waals surface area contributed by atoms with Crippen molar-refractivity contribution in [3.05, 3.63) is 34.9 Å². The molecule has 1 N–H and O–H groups in total. The summed E-state index contributed by atoms with van der Waals surface area (Å²) in [7, 11) is 2.19. The van der Waals surface area contributed by atoms with E-state index in [0.29, 0.717) is 12.1 Å². The van der Waals surface area contributed by atoms with Crippen LogP contribution in [-0.2, 0) is 0 Å². The van der Waals surface area contributed by atoms with Crippen LogP contribution in [0.4, 0.5) is 0 Å². The van der Waals surface area contributed by atoms with Crippen molar-refractivity contribution in [2.24, 2.45) is 0 Å². The second kappa shape index (κ2) is 5.85. The number of nitrogens with one attached hydrogen (secondary N) is 1. The van der Waals surface area contributed by atoms with Crippen molar-refractivity contribution >= 4 is 11.6 Å². The molecule has 1 heterocycles. The lowest BCUT2D eigenvalue weighted by molar-refractivity contribution is 0.226. The molecule has 1 aliphatic heterocycles. The van der Waals surface area contributed by atoms with Gasteiger partial charge in [0.05, 0.1) is 0 Å². The van der Waals surface area contributed by atoms with Crippen LogP contribution in [0.5, 0.6) is 0 Å². The second-order valence-electron chi connectivity index (χ2n) is 4.99. The van der Waals surface area contributed by atoms with Crippen molar-refractivity contribution in [2.75, 3.05) is 20.1 Å². The quantitative estimate of drug-likeness (QED) is 0.890. The van der Waals surface area contributed by atoms with E-state index in [-0.39, 0.29) is 0 Å². The van der Waals surface area contributed by atoms with Crippen LogP contribution in [0.25, 0.3) is 0 Å². The van der Waals surface area contributed by atoms with Crippen molar-refractivity contribution < 1.29 is 0 Å². The minimum Gasteiger partial charge on any atom is -0.307 e. The maximum Gasteiger partial charge on any atom is 0.0453 e. The SMILES string of the molecule is CC(NC1CCN(C)CC1)c1ccccc1Cl. The zero-order chi connectivity index (χ0) is 12.3. The molecule has 17 heavy (non-hydrogen) atoms. The van der Waals surface area contributed by atoms with E-state index in [0.717, 1.165) is 5.02 Å². The van der Waals surface area contributed by atoms with Gasteiger partial charge in [0.15, 0.2) is 0 Å². The molecular weight excluding hydrogens is 232 g/mol. The Morgan fingerprint density at radius 1 is 1.29 bits per heavy atom. The first-order valence-electron chi connectivity index (χ1n) is 6.36. The fraction of sp³-hybridized carbons (Fsp3) is 0.571. The summed E-state index contributed by atoms with van der Waals surface area (Å²) in [6.07, 6.45) is 2.45. The number of hydrogen-bond donors (Lipinski definition) is 1. The number of rotatable bonds is 3. The van der Waals surface area contributed by atoms with Gasteiger partial charge in [0.25, 0.3) is 0 Å². The van der Waals surface area contributed by atoms with E-state index in [1.54, 1.807) is 0 Å². The molecule has 0 saturated carbocycles. The minimum absolute atomic E-state index is 0.331. The van der Waals surface area contributed by atoms with E-state index in [1.807, 2.05) is 18.2 Å². The van der Waals surface area contributed by atoms with Crippen molar-refractivity contribution in [3.8, 4) is 0 Å². The zero-order valence-electron chi connectivity index (χ0n) is 10.6. The van der Waals surface area contributed by atoms with Crippen LogP contribution in [0.2, 0.25) is 5.02 Å². The third-order valence-corrected chi connectivity index (χ3v) is 3.92. The van der Waals surface area contributed by atoms with Gasteiger partial charge < -0.3 is 10.2 Å². The number of benzene rings is 1. The van der Waals surface area contributed by atoms with Gasteiger partial charge in [-0.2, -0.15) is 0 Å². The summed E-state index contributed by atoms with van der Waals surface area (Å²) < 4.78 is 0. The summed E-state index contributed by atoms with van der Waals surface area (Å²) >= 11 is 6.21. The first-order valence-corrected chi connectivity index (χ1v) is 6.73. The Labute approximate surface area is 109 Å². The van der Waals surface area contributed by atoms with Crippen LogP contribution in [0, 0.1) is 0 Å². The van der Waals surface area contributed by atoms with Gasteiger partial charge in [-0.3, -0.25) is 0 Å². The van der Waals surface area contributed by atoms with E-state index < -0.39 is 0 Å². The van der Waals surface area contributed by atoms with Gasteiger partial charge in [0, 0.05) is 17.1 Å². The van der Waals surface area contributed by atoms with Gasteiger partial charge >= 0.3 is 0 Å². The van der Waals surface area contributed by atoms with Crippen LogP contribution < -0.4 is 5.32 Å². The molecule has 1 atom stereocenters. The molecule has 2 nitrogen and oxygen atoms in total. The number of halogens is 1. The Hall–Kier alpha value is -0.570. The fourth-order valence-corrected chi connectivity index (χ4v) is 2.74. The highest BCUT2D eigenvalue weighted by Gasteiger charge is 2.19. The van der Waals surface area contributed by atoms with Gasteiger partial charge in [-0.15, -0.1) is 0 Å². The largest absolute Gasteiger partial charge is 0.307 e. The average molecular weight is 253 g/mol. The van der Waals surface area contributed by atoms with Crippen molar-refractivity contribution in [1.82, 2.24) is 10.2 Å². The molecule has 0 aromatic heterocycles. The normalized spacial score (nSPS) is 20.4. The van der Waals surface area contributed by atoms with Crippen molar-refractivity contribution in [3.63, 3.8) is 0 Å². The first kappa shape index (κ1) is 12.9. The summed E-state index contributed by atoms with van der Waals surface area (Å²) in [5.41, 5.74) is 1.20. The third-order valence-electron chi connectivity index (χ3n) is 3.58. The lowest BCUT2D eigenvalue weighted by Crippen LogP contribution is -2.41. The van der Waals surface area contributed by atoms with Crippen LogP contribution in [-0.4, -0.2) is 31.1 Å². The van der Waals surface area contributed by atoms with Crippen LogP contribution in [0.1, 0.15) is 31.4 Å². The lowest BCUT2D eigenvalue weighted by Gasteiger charge is -2.32. The Morgan fingerprint density at radius 3 is 2.59 bits per heavy atom. The van der Waals surface area contributed by atoms with Crippen LogP contribution in [0.3, 0.4) is 0 Å². The molecule has 0 aliphatic carbocycles. The van der Waals surface area contributed by atoms with Crippen LogP contribution >= 0.6 is 11.6 Å². The molecule has 94 valence electrons. The highest BCUT2D eigenvalue weighted by atomic mass is 35.5. The smallest absolute Gasteiger partial charge is 0.0453 e. The van der Waals surface area contributed by atoms with Crippen LogP contribution in [0.15, 0.2) is 24.3 Å². The summed E-state index contributed by atoms with van der Waals surface area (Å²) in [6.45, 7) is 4.57. The molecule has 2 rings (SSSR count). The minimum atomic E-state index is 0.331. The number of nitrogens with zero attached hydrogens (tertiary/aromatic N) is 1. The highest BCUT2D eigenvalue weighted by molar-refractivity contribution is 6.31. The number of likely N-dealkylation sites (tertiary alicyclic amines) is 1. The van der Waals surface area contributed by atoms with Crippen molar-refractivity contribution in [1.29, 1.82) is 0 Å². The van der Waals surface area contributed by atoms with E-state index in [4.69, 9.17) is 11.6 Å². The molecular formula is C14H21ClN2. The standard InChI is InChI=1S/C14H21ClN2/c1-11(13-5-3-4-6-14(13)15)16-12-7-9-17(2)10-8-12/h3-6,11-12,16H,7-10H2,1-2H3. The lowest BCUT2D eigenvalue weighted by atomic mass is 10.0. The molecule has 0 amide bonds. The molecule has 1 aliphatic rings. The second-order valence-corrected chi connectivity index (χ2v) is 5.39. The molecule has 1 fully saturated rings. The highest BCUT2D eigenvalue weighted by Crippen LogP contribution is 2.23. The van der Waals surface area contributed by atoms with E-state index in [9.17, 15) is 0 Å². The fourth-order valence-electron chi connectivity index (χ4n) is 2.44. The maximum absolute atomic E-state index is 6.21. The molecule has 1 saturated heterocycles. The molecule has 1 unspecified atom stereocenters. The molecule has 3 heteroatoms. The summed E-state index contributed by atoms with van der Waals surface area (Å²) in [6, 6.07) is 9.05. The van der Waals surface area contributed by atoms with Gasteiger partial charge in [-0.25, -0.2) is 0 Å².